The Morgan fingerprint density at radius 3 is 1.69 bits per heavy atom. The highest BCUT2D eigenvalue weighted by Crippen LogP contribution is 2.36. The zero-order chi connectivity index (χ0) is 28.9. The van der Waals surface area contributed by atoms with Gasteiger partial charge in [0, 0.05) is 27.6 Å². The molecule has 3 aromatic rings. The van der Waals surface area contributed by atoms with Crippen LogP contribution < -0.4 is 16.0 Å². The molecule has 0 saturated carbocycles. The molecule has 0 aliphatic rings. The van der Waals surface area contributed by atoms with Crippen LogP contribution in [0.2, 0.25) is 10.0 Å². The van der Waals surface area contributed by atoms with E-state index in [-0.39, 0.29) is 29.4 Å². The average molecular weight is 585 g/mol. The fraction of sp³-hybridized carbons (Fsp3) is 0.367. The van der Waals surface area contributed by atoms with Crippen LogP contribution in [0.15, 0.2) is 60.7 Å². The first kappa shape index (κ1) is 34.1. The number of alkyl halides is 3. The van der Waals surface area contributed by atoms with Crippen LogP contribution in [0.3, 0.4) is 0 Å². The first-order valence-electron chi connectivity index (χ1n) is 11.9. The Labute approximate surface area is 240 Å². The van der Waals surface area contributed by atoms with Crippen molar-refractivity contribution in [1.29, 1.82) is 0 Å². The van der Waals surface area contributed by atoms with Gasteiger partial charge in [0.2, 0.25) is 0 Å². The Morgan fingerprint density at radius 1 is 0.718 bits per heavy atom. The number of aryl methyl sites for hydroxylation is 1. The van der Waals surface area contributed by atoms with Crippen LogP contribution in [0.5, 0.6) is 0 Å². The van der Waals surface area contributed by atoms with Gasteiger partial charge in [-0.1, -0.05) is 63.5 Å². The number of amides is 2. The van der Waals surface area contributed by atoms with Crippen molar-refractivity contribution in [2.24, 2.45) is 0 Å². The van der Waals surface area contributed by atoms with Crippen molar-refractivity contribution in [3.05, 3.63) is 87.4 Å². The van der Waals surface area contributed by atoms with E-state index in [1.807, 2.05) is 58.0 Å². The molecule has 214 valence electrons. The third-order valence-electron chi connectivity index (χ3n) is 5.22. The maximum atomic E-state index is 12.5. The highest BCUT2D eigenvalue weighted by molar-refractivity contribution is 6.31. The number of carbonyl (C=O) groups excluding carboxylic acids is 1. The van der Waals surface area contributed by atoms with Crippen molar-refractivity contribution in [2.75, 3.05) is 16.0 Å². The molecule has 0 aromatic heterocycles. The van der Waals surface area contributed by atoms with Crippen molar-refractivity contribution in [3.63, 3.8) is 0 Å². The molecule has 3 rings (SSSR count). The molecule has 39 heavy (non-hydrogen) atoms. The second-order valence-corrected chi connectivity index (χ2v) is 11.8. The summed E-state index contributed by atoms with van der Waals surface area (Å²) < 4.78 is 37.6. The molecule has 3 aromatic carbocycles. The maximum Gasteiger partial charge on any atom is 0.417 e. The second kappa shape index (κ2) is 13.4. The lowest BCUT2D eigenvalue weighted by molar-refractivity contribution is -0.137. The van der Waals surface area contributed by atoms with E-state index in [2.05, 4.69) is 36.7 Å². The Hall–Kier alpha value is -2.90. The number of halogens is 5. The Bertz CT molecular complexity index is 1250. The third kappa shape index (κ3) is 11.4. The van der Waals surface area contributed by atoms with Crippen molar-refractivity contribution >= 4 is 46.3 Å². The van der Waals surface area contributed by atoms with Crippen LogP contribution in [0.4, 0.5) is 35.0 Å². The van der Waals surface area contributed by atoms with Crippen LogP contribution in [-0.2, 0) is 11.6 Å². The van der Waals surface area contributed by atoms with E-state index in [9.17, 15) is 18.0 Å². The predicted octanol–water partition coefficient (Wildman–Crippen LogP) is 10.8. The van der Waals surface area contributed by atoms with Gasteiger partial charge in [0.05, 0.1) is 10.6 Å². The van der Waals surface area contributed by atoms with Gasteiger partial charge in [0.15, 0.2) is 0 Å². The number of urea groups is 1. The topological polar surface area (TPSA) is 53.2 Å². The molecule has 0 aliphatic carbocycles. The summed E-state index contributed by atoms with van der Waals surface area (Å²) in [6.07, 6.45) is -4.42. The van der Waals surface area contributed by atoms with Crippen molar-refractivity contribution in [1.82, 2.24) is 0 Å². The molecule has 0 fully saturated rings. The van der Waals surface area contributed by atoms with Crippen molar-refractivity contribution in [3.8, 4) is 0 Å². The number of benzene rings is 3. The van der Waals surface area contributed by atoms with Crippen LogP contribution in [0.1, 0.15) is 65.7 Å². The van der Waals surface area contributed by atoms with Crippen molar-refractivity contribution < 1.29 is 18.0 Å². The van der Waals surface area contributed by atoms with E-state index < -0.39 is 11.7 Å². The SMILES string of the molecule is C.CC(C)(C)Nc1ccc(Cl)c(C(F)(F)F)c1.Cc1cc(NC(=O)Nc2ccc(C(C)(C)C)cc2)ccc1Cl. The first-order valence-corrected chi connectivity index (χ1v) is 12.7. The molecule has 0 bridgehead atoms. The molecule has 4 nitrogen and oxygen atoms in total. The smallest absolute Gasteiger partial charge is 0.380 e. The molecule has 9 heteroatoms. The molecule has 0 heterocycles. The fourth-order valence-electron chi connectivity index (χ4n) is 3.32. The van der Waals surface area contributed by atoms with Crippen LogP contribution in [0, 0.1) is 6.92 Å². The van der Waals surface area contributed by atoms with E-state index >= 15 is 0 Å². The van der Waals surface area contributed by atoms with Gasteiger partial charge in [-0.05, 0) is 92.8 Å². The monoisotopic (exact) mass is 583 g/mol. The lowest BCUT2D eigenvalue weighted by Crippen LogP contribution is -2.26. The van der Waals surface area contributed by atoms with Crippen LogP contribution in [-0.4, -0.2) is 11.6 Å². The normalized spacial score (nSPS) is 11.5. The lowest BCUT2D eigenvalue weighted by Gasteiger charge is -2.23. The van der Waals surface area contributed by atoms with Gasteiger partial charge in [-0.25, -0.2) is 4.79 Å². The largest absolute Gasteiger partial charge is 0.417 e. The van der Waals surface area contributed by atoms with Gasteiger partial charge in [-0.15, -0.1) is 0 Å². The second-order valence-electron chi connectivity index (χ2n) is 10.9. The molecule has 0 aliphatic heterocycles. The Morgan fingerprint density at radius 2 is 1.21 bits per heavy atom. The number of carbonyl (C=O) groups is 1. The summed E-state index contributed by atoms with van der Waals surface area (Å²) in [5, 5.41) is 8.98. The minimum absolute atomic E-state index is 0. The predicted molar refractivity (Wildman–Crippen MR) is 161 cm³/mol. The molecular formula is C30H38Cl2F3N3O. The number of hydrogen-bond donors (Lipinski definition) is 3. The summed E-state index contributed by atoms with van der Waals surface area (Å²) in [6.45, 7) is 14.0. The van der Waals surface area contributed by atoms with Crippen LogP contribution in [0.25, 0.3) is 0 Å². The van der Waals surface area contributed by atoms with Gasteiger partial charge in [0.1, 0.15) is 0 Å². The molecule has 0 spiro atoms. The maximum absolute atomic E-state index is 12.5. The molecule has 3 N–H and O–H groups in total. The van der Waals surface area contributed by atoms with E-state index in [0.717, 1.165) is 17.3 Å². The van der Waals surface area contributed by atoms with Crippen LogP contribution >= 0.6 is 23.2 Å². The zero-order valence-corrected chi connectivity index (χ0v) is 24.1. The molecule has 2 amide bonds. The quantitative estimate of drug-likeness (QED) is 0.287. The zero-order valence-electron chi connectivity index (χ0n) is 22.6. The van der Waals surface area contributed by atoms with Gasteiger partial charge < -0.3 is 16.0 Å². The highest BCUT2D eigenvalue weighted by atomic mass is 35.5. The van der Waals surface area contributed by atoms with Gasteiger partial charge in [0.25, 0.3) is 0 Å². The average Bonchev–Trinajstić information content (AvgIpc) is 2.76. The van der Waals surface area contributed by atoms with E-state index in [1.165, 1.54) is 17.7 Å². The van der Waals surface area contributed by atoms with Gasteiger partial charge in [-0.3, -0.25) is 0 Å². The number of nitrogens with one attached hydrogen (secondary N) is 3. The summed E-state index contributed by atoms with van der Waals surface area (Å²) in [5.74, 6) is 0. The summed E-state index contributed by atoms with van der Waals surface area (Å²) in [7, 11) is 0. The molecule has 0 saturated heterocycles. The number of anilines is 3. The summed E-state index contributed by atoms with van der Waals surface area (Å²) in [6, 6.07) is 16.8. The highest BCUT2D eigenvalue weighted by Gasteiger charge is 2.33. The Balaban J connectivity index is 0.000000399. The third-order valence-corrected chi connectivity index (χ3v) is 5.97. The number of rotatable bonds is 3. The van der Waals surface area contributed by atoms with Gasteiger partial charge >= 0.3 is 12.2 Å². The number of hydrogen-bond acceptors (Lipinski definition) is 2. The van der Waals surface area contributed by atoms with E-state index in [0.29, 0.717) is 16.4 Å². The van der Waals surface area contributed by atoms with Gasteiger partial charge in [-0.2, -0.15) is 13.2 Å². The molecule has 0 radical (unpaired) electrons. The molecule has 0 atom stereocenters. The summed E-state index contributed by atoms with van der Waals surface area (Å²) in [4.78, 5) is 12.0. The Kier molecular flexibility index (Phi) is 11.8. The minimum Gasteiger partial charge on any atom is -0.380 e. The molecule has 0 unspecified atom stereocenters. The summed E-state index contributed by atoms with van der Waals surface area (Å²) >= 11 is 11.5. The fourth-order valence-corrected chi connectivity index (χ4v) is 3.66. The standard InChI is InChI=1S/C18H21ClN2O.C11H13ClF3N.CH4/c1-12-11-15(9-10-16(12)19)21-17(22)20-14-7-5-13(6-8-14)18(2,3)4;1-10(2,3)16-7-4-5-9(12)8(6-7)11(13,14)15;/h5-11H,1-4H3,(H2,20,21,22);4-6,16H,1-3H3;1H4. The first-order chi connectivity index (χ1) is 17.3. The molecular weight excluding hydrogens is 546 g/mol. The lowest BCUT2D eigenvalue weighted by atomic mass is 9.87. The summed E-state index contributed by atoms with van der Waals surface area (Å²) in [5.41, 5.74) is 3.02. The van der Waals surface area contributed by atoms with Crippen molar-refractivity contribution in [2.45, 2.75) is 73.0 Å². The minimum atomic E-state index is -4.42. The van der Waals surface area contributed by atoms with E-state index in [4.69, 9.17) is 23.2 Å². The van der Waals surface area contributed by atoms with E-state index in [1.54, 1.807) is 12.1 Å².